The molecule has 0 heterocycles. The molecule has 84 valence electrons. The van der Waals surface area contributed by atoms with E-state index in [2.05, 4.69) is 27.7 Å². The van der Waals surface area contributed by atoms with Gasteiger partial charge in [0.2, 0.25) is 0 Å². The molecule has 3 N–H and O–H groups in total. The Kier molecular flexibility index (Phi) is 3.27. The average molecular weight is 199 g/mol. The fourth-order valence-corrected chi connectivity index (χ4v) is 1.43. The highest BCUT2D eigenvalue weighted by Crippen LogP contribution is 2.41. The van der Waals surface area contributed by atoms with E-state index in [1.165, 1.54) is 12.8 Å². The highest BCUT2D eigenvalue weighted by molar-refractivity contribution is 5.00. The monoisotopic (exact) mass is 199 g/mol. The first-order valence-corrected chi connectivity index (χ1v) is 5.81. The van der Waals surface area contributed by atoms with Gasteiger partial charge in [0.1, 0.15) is 0 Å². The summed E-state index contributed by atoms with van der Waals surface area (Å²) in [6, 6.07) is 0. The summed E-state index contributed by atoms with van der Waals surface area (Å²) in [4.78, 5) is 0. The van der Waals surface area contributed by atoms with Crippen LogP contribution in [0.4, 0.5) is 0 Å². The first kappa shape index (κ1) is 12.0. The Bertz CT molecular complexity index is 168. The zero-order chi connectivity index (χ0) is 11.0. The Morgan fingerprint density at radius 3 is 1.36 bits per heavy atom. The molecule has 0 saturated heterocycles. The van der Waals surface area contributed by atoms with E-state index in [1.807, 2.05) is 0 Å². The third-order valence-corrected chi connectivity index (χ3v) is 3.81. The van der Waals surface area contributed by atoms with E-state index in [0.717, 1.165) is 12.8 Å². The lowest BCUT2D eigenvalue weighted by molar-refractivity contribution is 0.0996. The summed E-state index contributed by atoms with van der Waals surface area (Å²) < 4.78 is 0. The quantitative estimate of drug-likeness (QED) is 0.717. The van der Waals surface area contributed by atoms with Crippen LogP contribution in [-0.2, 0) is 0 Å². The molecule has 2 nitrogen and oxygen atoms in total. The highest BCUT2D eigenvalue weighted by atomic mass is 16.3. The standard InChI is InChI=1S/C6H13N.C6H12O/c2*1-5(2)6(7)3-4-6/h5H,3-4,7H2,1-2H3;5,7H,3-4H2,1-2H3. The number of nitrogens with two attached hydrogens (primary N) is 1. The van der Waals surface area contributed by atoms with Crippen molar-refractivity contribution in [1.82, 2.24) is 0 Å². The summed E-state index contributed by atoms with van der Waals surface area (Å²) in [5, 5.41) is 9.21. The fourth-order valence-electron chi connectivity index (χ4n) is 1.43. The minimum atomic E-state index is -0.250. The largest absolute Gasteiger partial charge is 0.390 e. The molecule has 0 radical (unpaired) electrons. The van der Waals surface area contributed by atoms with Crippen LogP contribution in [0.5, 0.6) is 0 Å². The second-order valence-corrected chi connectivity index (χ2v) is 5.65. The highest BCUT2D eigenvalue weighted by Gasteiger charge is 2.43. The minimum Gasteiger partial charge on any atom is -0.390 e. The third kappa shape index (κ3) is 2.96. The van der Waals surface area contributed by atoms with E-state index in [1.54, 1.807) is 0 Å². The number of hydrogen-bond donors (Lipinski definition) is 2. The van der Waals surface area contributed by atoms with Crippen LogP contribution in [0.25, 0.3) is 0 Å². The molecule has 0 aromatic rings. The van der Waals surface area contributed by atoms with Gasteiger partial charge in [0.25, 0.3) is 0 Å². The molecule has 2 heteroatoms. The molecule has 0 amide bonds. The topological polar surface area (TPSA) is 46.2 Å². The van der Waals surface area contributed by atoms with Crippen molar-refractivity contribution in [3.63, 3.8) is 0 Å². The Morgan fingerprint density at radius 2 is 1.36 bits per heavy atom. The molecule has 0 unspecified atom stereocenters. The van der Waals surface area contributed by atoms with E-state index in [9.17, 15) is 5.11 Å². The predicted octanol–water partition coefficient (Wildman–Crippen LogP) is 2.30. The van der Waals surface area contributed by atoms with E-state index in [0.29, 0.717) is 11.8 Å². The van der Waals surface area contributed by atoms with Crippen LogP contribution >= 0.6 is 0 Å². The van der Waals surface area contributed by atoms with Gasteiger partial charge in [-0.25, -0.2) is 0 Å². The lowest BCUT2D eigenvalue weighted by Gasteiger charge is -2.10. The SMILES string of the molecule is CC(C)C1(N)CC1.CC(C)C1(O)CC1. The number of rotatable bonds is 2. The summed E-state index contributed by atoms with van der Waals surface area (Å²) >= 11 is 0. The molecule has 2 fully saturated rings. The molecule has 2 saturated carbocycles. The Hall–Kier alpha value is -0.0800. The number of aliphatic hydroxyl groups is 1. The van der Waals surface area contributed by atoms with Crippen molar-refractivity contribution in [1.29, 1.82) is 0 Å². The van der Waals surface area contributed by atoms with Crippen molar-refractivity contribution < 1.29 is 5.11 Å². The molecular formula is C12H25NO. The third-order valence-electron chi connectivity index (χ3n) is 3.81. The van der Waals surface area contributed by atoms with Crippen LogP contribution in [0.1, 0.15) is 53.4 Å². The van der Waals surface area contributed by atoms with Crippen molar-refractivity contribution in [3.8, 4) is 0 Å². The van der Waals surface area contributed by atoms with Gasteiger partial charge < -0.3 is 10.8 Å². The maximum absolute atomic E-state index is 9.21. The predicted molar refractivity (Wildman–Crippen MR) is 60.0 cm³/mol. The van der Waals surface area contributed by atoms with Gasteiger partial charge in [0.15, 0.2) is 0 Å². The molecule has 14 heavy (non-hydrogen) atoms. The maximum atomic E-state index is 9.21. The molecule has 2 aliphatic rings. The van der Waals surface area contributed by atoms with Crippen molar-refractivity contribution in [2.45, 2.75) is 64.5 Å². The van der Waals surface area contributed by atoms with Gasteiger partial charge in [-0.1, -0.05) is 27.7 Å². The van der Waals surface area contributed by atoms with Crippen LogP contribution in [0.15, 0.2) is 0 Å². The maximum Gasteiger partial charge on any atom is 0.0672 e. The van der Waals surface area contributed by atoms with Gasteiger partial charge in [-0.05, 0) is 37.5 Å². The molecule has 0 atom stereocenters. The molecule has 0 aromatic heterocycles. The molecular weight excluding hydrogens is 174 g/mol. The van der Waals surface area contributed by atoms with E-state index >= 15 is 0 Å². The first-order valence-electron chi connectivity index (χ1n) is 5.81. The zero-order valence-corrected chi connectivity index (χ0v) is 10.0. The minimum absolute atomic E-state index is 0.250. The van der Waals surface area contributed by atoms with Gasteiger partial charge in [0.05, 0.1) is 5.60 Å². The Balaban J connectivity index is 0.000000140. The van der Waals surface area contributed by atoms with Gasteiger partial charge in [-0.2, -0.15) is 0 Å². The summed E-state index contributed by atoms with van der Waals surface area (Å²) in [5.74, 6) is 1.15. The smallest absolute Gasteiger partial charge is 0.0672 e. The lowest BCUT2D eigenvalue weighted by Crippen LogP contribution is -2.27. The van der Waals surface area contributed by atoms with E-state index in [4.69, 9.17) is 5.73 Å². The van der Waals surface area contributed by atoms with Crippen molar-refractivity contribution >= 4 is 0 Å². The van der Waals surface area contributed by atoms with Crippen molar-refractivity contribution in [3.05, 3.63) is 0 Å². The van der Waals surface area contributed by atoms with Gasteiger partial charge in [-0.3, -0.25) is 0 Å². The van der Waals surface area contributed by atoms with Crippen LogP contribution in [0, 0.1) is 11.8 Å². The van der Waals surface area contributed by atoms with Crippen LogP contribution in [0.2, 0.25) is 0 Å². The fraction of sp³-hybridized carbons (Fsp3) is 1.00. The summed E-state index contributed by atoms with van der Waals surface area (Å²) in [7, 11) is 0. The van der Waals surface area contributed by atoms with E-state index < -0.39 is 0 Å². The van der Waals surface area contributed by atoms with Crippen molar-refractivity contribution in [2.24, 2.45) is 17.6 Å². The van der Waals surface area contributed by atoms with Gasteiger partial charge >= 0.3 is 0 Å². The van der Waals surface area contributed by atoms with Gasteiger partial charge in [-0.15, -0.1) is 0 Å². The number of hydrogen-bond acceptors (Lipinski definition) is 2. The molecule has 0 aromatic carbocycles. The Morgan fingerprint density at radius 1 is 0.929 bits per heavy atom. The molecule has 0 bridgehead atoms. The second-order valence-electron chi connectivity index (χ2n) is 5.65. The summed E-state index contributed by atoms with van der Waals surface area (Å²) in [6.45, 7) is 8.50. The molecule has 0 spiro atoms. The van der Waals surface area contributed by atoms with Gasteiger partial charge in [0, 0.05) is 5.54 Å². The van der Waals surface area contributed by atoms with Crippen LogP contribution in [0.3, 0.4) is 0 Å². The zero-order valence-electron chi connectivity index (χ0n) is 10.0. The molecule has 2 aliphatic carbocycles. The Labute approximate surface area is 87.9 Å². The summed E-state index contributed by atoms with van der Waals surface area (Å²) in [6.07, 6.45) is 4.52. The van der Waals surface area contributed by atoms with Crippen LogP contribution < -0.4 is 5.73 Å². The van der Waals surface area contributed by atoms with Crippen LogP contribution in [-0.4, -0.2) is 16.2 Å². The molecule has 2 rings (SSSR count). The van der Waals surface area contributed by atoms with Crippen molar-refractivity contribution in [2.75, 3.05) is 0 Å². The van der Waals surface area contributed by atoms with E-state index in [-0.39, 0.29) is 11.1 Å². The first-order chi connectivity index (χ1) is 6.30. The lowest BCUT2D eigenvalue weighted by atomic mass is 10.0. The second kappa shape index (κ2) is 3.82. The normalized spacial score (nSPS) is 25.7. The molecule has 0 aliphatic heterocycles. The average Bonchev–Trinajstić information content (AvgIpc) is 2.93. The summed E-state index contributed by atoms with van der Waals surface area (Å²) in [5.41, 5.74) is 5.79.